The molecule has 178 valence electrons. The highest BCUT2D eigenvalue weighted by molar-refractivity contribution is 5.96. The lowest BCUT2D eigenvalue weighted by Gasteiger charge is -2.32. The van der Waals surface area contributed by atoms with Crippen molar-refractivity contribution >= 4 is 35.6 Å². The van der Waals surface area contributed by atoms with E-state index in [-0.39, 0.29) is 25.9 Å². The molecule has 2 fully saturated rings. The Hall–Kier alpha value is -3.22. The highest BCUT2D eigenvalue weighted by atomic mass is 16.4. The zero-order chi connectivity index (χ0) is 24.0. The molecule has 2 heterocycles. The first-order valence-electron chi connectivity index (χ1n) is 10.4. The van der Waals surface area contributed by atoms with Gasteiger partial charge >= 0.3 is 11.9 Å². The van der Waals surface area contributed by atoms with Gasteiger partial charge in [-0.15, -0.1) is 0 Å². The molecule has 2 saturated heterocycles. The molecule has 0 bridgehead atoms. The van der Waals surface area contributed by atoms with Crippen molar-refractivity contribution in [3.05, 3.63) is 0 Å². The molecule has 0 aliphatic carbocycles. The first kappa shape index (κ1) is 25.0. The first-order chi connectivity index (χ1) is 15.0. The number of hydrogen-bond acceptors (Lipinski definition) is 7. The summed E-state index contributed by atoms with van der Waals surface area (Å²) in [5.41, 5.74) is 10.7. The molecule has 2 rings (SSSR count). The van der Waals surface area contributed by atoms with E-state index in [0.717, 1.165) is 0 Å². The van der Waals surface area contributed by atoms with Gasteiger partial charge in [-0.05, 0) is 32.1 Å². The maximum atomic E-state index is 13.1. The molecule has 32 heavy (non-hydrogen) atoms. The van der Waals surface area contributed by atoms with Crippen LogP contribution in [0.4, 0.5) is 0 Å². The van der Waals surface area contributed by atoms with Crippen LogP contribution in [0.15, 0.2) is 0 Å². The molecule has 0 saturated carbocycles. The van der Waals surface area contributed by atoms with Crippen molar-refractivity contribution in [2.24, 2.45) is 11.5 Å². The Bertz CT molecular complexity index is 788. The molecule has 0 radical (unpaired) electrons. The second kappa shape index (κ2) is 10.9. The third kappa shape index (κ3) is 6.15. The van der Waals surface area contributed by atoms with Gasteiger partial charge in [-0.3, -0.25) is 24.0 Å². The molecule has 13 nitrogen and oxygen atoms in total. The molecule has 0 spiro atoms. The number of rotatable bonds is 10. The Morgan fingerprint density at radius 2 is 1.56 bits per heavy atom. The number of carboxylic acid groups (broad SMARTS) is 2. The summed E-state index contributed by atoms with van der Waals surface area (Å²) < 4.78 is 0. The molecule has 2 aliphatic heterocycles. The molecule has 4 unspecified atom stereocenters. The summed E-state index contributed by atoms with van der Waals surface area (Å²) in [6.45, 7) is 0.429. The van der Waals surface area contributed by atoms with Crippen LogP contribution in [0, 0.1) is 0 Å². The van der Waals surface area contributed by atoms with Crippen LogP contribution < -0.4 is 16.8 Å². The summed E-state index contributed by atoms with van der Waals surface area (Å²) in [5.74, 6) is -5.21. The number of carboxylic acids is 2. The summed E-state index contributed by atoms with van der Waals surface area (Å²) in [6.07, 6.45) is 0.665. The lowest BCUT2D eigenvalue weighted by Crippen LogP contribution is -2.57. The van der Waals surface area contributed by atoms with E-state index in [1.807, 2.05) is 0 Å². The number of nitrogens with zero attached hydrogens (tertiary/aromatic N) is 2. The van der Waals surface area contributed by atoms with E-state index in [9.17, 15) is 39.0 Å². The molecular formula is C19H29N5O8. The maximum Gasteiger partial charge on any atom is 0.326 e. The van der Waals surface area contributed by atoms with Crippen LogP contribution in [0.3, 0.4) is 0 Å². The number of carbonyl (C=O) groups excluding carboxylic acids is 4. The van der Waals surface area contributed by atoms with Crippen LogP contribution in [0.2, 0.25) is 0 Å². The van der Waals surface area contributed by atoms with E-state index in [2.05, 4.69) is 5.32 Å². The highest BCUT2D eigenvalue weighted by Crippen LogP contribution is 2.25. The predicted octanol–water partition coefficient (Wildman–Crippen LogP) is -2.39. The standard InChI is InChI=1S/C19H29N5O8/c20-10(5-6-14(21)25)16(28)22-11(9-15(26)27)17(29)23-7-1-3-12(23)18(30)24-8-2-4-13(24)19(31)32/h10-13H,1-9,20H2,(H2,21,25)(H,22,28)(H,26,27)(H,31,32). The van der Waals surface area contributed by atoms with E-state index < -0.39 is 66.2 Å². The molecule has 0 aromatic rings. The van der Waals surface area contributed by atoms with Crippen LogP contribution in [0.1, 0.15) is 44.9 Å². The molecule has 13 heteroatoms. The van der Waals surface area contributed by atoms with Crippen LogP contribution in [-0.4, -0.2) is 92.8 Å². The van der Waals surface area contributed by atoms with Crippen molar-refractivity contribution in [2.75, 3.05) is 13.1 Å². The number of amides is 4. The van der Waals surface area contributed by atoms with Crippen LogP contribution in [-0.2, 0) is 28.8 Å². The summed E-state index contributed by atoms with van der Waals surface area (Å²) in [4.78, 5) is 74.4. The molecule has 0 aromatic carbocycles. The Labute approximate surface area is 184 Å². The monoisotopic (exact) mass is 455 g/mol. The number of aliphatic carboxylic acids is 2. The predicted molar refractivity (Wildman–Crippen MR) is 108 cm³/mol. The summed E-state index contributed by atoms with van der Waals surface area (Å²) in [6, 6.07) is -4.54. The minimum absolute atomic E-state index is 0.0779. The summed E-state index contributed by atoms with van der Waals surface area (Å²) in [5, 5.41) is 20.8. The number of nitrogens with one attached hydrogen (secondary N) is 1. The zero-order valence-corrected chi connectivity index (χ0v) is 17.6. The topological polar surface area (TPSA) is 213 Å². The minimum Gasteiger partial charge on any atom is -0.481 e. The van der Waals surface area contributed by atoms with E-state index in [4.69, 9.17) is 11.5 Å². The van der Waals surface area contributed by atoms with Crippen molar-refractivity contribution < 1.29 is 39.0 Å². The van der Waals surface area contributed by atoms with Crippen LogP contribution in [0.25, 0.3) is 0 Å². The SMILES string of the molecule is NC(=O)CCC(N)C(=O)NC(CC(=O)O)C(=O)N1CCCC1C(=O)N1CCCC1C(=O)O. The van der Waals surface area contributed by atoms with Gasteiger partial charge < -0.3 is 36.8 Å². The van der Waals surface area contributed by atoms with Gasteiger partial charge in [0.05, 0.1) is 12.5 Å². The third-order valence-corrected chi connectivity index (χ3v) is 5.67. The number of nitrogens with two attached hydrogens (primary N) is 2. The second-order valence-electron chi connectivity index (χ2n) is 7.99. The number of likely N-dealkylation sites (tertiary alicyclic amines) is 2. The summed E-state index contributed by atoms with van der Waals surface area (Å²) in [7, 11) is 0. The van der Waals surface area contributed by atoms with Crippen LogP contribution in [0.5, 0.6) is 0 Å². The van der Waals surface area contributed by atoms with E-state index in [1.54, 1.807) is 0 Å². The van der Waals surface area contributed by atoms with Crippen molar-refractivity contribution in [2.45, 2.75) is 69.1 Å². The molecule has 7 N–H and O–H groups in total. The quantitative estimate of drug-likeness (QED) is 0.237. The maximum absolute atomic E-state index is 13.1. The van der Waals surface area contributed by atoms with E-state index in [0.29, 0.717) is 25.7 Å². The van der Waals surface area contributed by atoms with Gasteiger partial charge in [0.15, 0.2) is 0 Å². The molecule has 4 atom stereocenters. The van der Waals surface area contributed by atoms with Gasteiger partial charge in [-0.25, -0.2) is 4.79 Å². The Balaban J connectivity index is 2.13. The number of hydrogen-bond donors (Lipinski definition) is 5. The molecule has 2 aliphatic rings. The number of primary amides is 1. The lowest BCUT2D eigenvalue weighted by atomic mass is 10.1. The third-order valence-electron chi connectivity index (χ3n) is 5.67. The minimum atomic E-state index is -1.47. The van der Waals surface area contributed by atoms with Gasteiger partial charge in [0.1, 0.15) is 18.1 Å². The van der Waals surface area contributed by atoms with E-state index in [1.165, 1.54) is 9.80 Å². The van der Waals surface area contributed by atoms with Gasteiger partial charge in [-0.1, -0.05) is 0 Å². The van der Waals surface area contributed by atoms with Gasteiger partial charge in [0, 0.05) is 19.5 Å². The largest absolute Gasteiger partial charge is 0.481 e. The van der Waals surface area contributed by atoms with Crippen molar-refractivity contribution in [1.82, 2.24) is 15.1 Å². The van der Waals surface area contributed by atoms with Gasteiger partial charge in [0.25, 0.3) is 0 Å². The summed E-state index contributed by atoms with van der Waals surface area (Å²) >= 11 is 0. The van der Waals surface area contributed by atoms with Crippen LogP contribution >= 0.6 is 0 Å². The Morgan fingerprint density at radius 3 is 2.12 bits per heavy atom. The normalized spacial score (nSPS) is 22.3. The highest BCUT2D eigenvalue weighted by Gasteiger charge is 2.43. The smallest absolute Gasteiger partial charge is 0.326 e. The fourth-order valence-corrected chi connectivity index (χ4v) is 4.05. The average molecular weight is 455 g/mol. The molecule has 4 amide bonds. The van der Waals surface area contributed by atoms with Gasteiger partial charge in [-0.2, -0.15) is 0 Å². The van der Waals surface area contributed by atoms with Crippen molar-refractivity contribution in [3.8, 4) is 0 Å². The first-order valence-corrected chi connectivity index (χ1v) is 10.4. The Kier molecular flexibility index (Phi) is 8.52. The molecule has 0 aromatic heterocycles. The fourth-order valence-electron chi connectivity index (χ4n) is 4.05. The number of carbonyl (C=O) groups is 6. The Morgan fingerprint density at radius 1 is 0.969 bits per heavy atom. The fraction of sp³-hybridized carbons (Fsp3) is 0.684. The second-order valence-corrected chi connectivity index (χ2v) is 7.99. The zero-order valence-electron chi connectivity index (χ0n) is 17.6. The van der Waals surface area contributed by atoms with Gasteiger partial charge in [0.2, 0.25) is 23.6 Å². The van der Waals surface area contributed by atoms with E-state index >= 15 is 0 Å². The lowest BCUT2D eigenvalue weighted by molar-refractivity contribution is -0.153. The average Bonchev–Trinajstić information content (AvgIpc) is 3.39. The van der Waals surface area contributed by atoms with Crippen molar-refractivity contribution in [3.63, 3.8) is 0 Å². The van der Waals surface area contributed by atoms with Crippen molar-refractivity contribution in [1.29, 1.82) is 0 Å². The molecular weight excluding hydrogens is 426 g/mol.